The van der Waals surface area contributed by atoms with Crippen LogP contribution >= 0.6 is 11.6 Å². The predicted octanol–water partition coefficient (Wildman–Crippen LogP) is 6.09. The molecule has 4 rings (SSSR count). The Balaban J connectivity index is 1.78. The Morgan fingerprint density at radius 2 is 1.33 bits per heavy atom. The third kappa shape index (κ3) is 8.46. The van der Waals surface area contributed by atoms with Crippen LogP contribution < -0.4 is 9.62 Å². The van der Waals surface area contributed by atoms with Crippen molar-refractivity contribution in [3.05, 3.63) is 131 Å². The third-order valence-corrected chi connectivity index (χ3v) is 9.23. The molecule has 0 spiro atoms. The van der Waals surface area contributed by atoms with Crippen molar-refractivity contribution in [3.63, 3.8) is 0 Å². The first kappa shape index (κ1) is 31.8. The van der Waals surface area contributed by atoms with Crippen molar-refractivity contribution < 1.29 is 18.0 Å². The molecule has 0 aliphatic heterocycles. The van der Waals surface area contributed by atoms with Crippen molar-refractivity contribution in [1.29, 1.82) is 0 Å². The van der Waals surface area contributed by atoms with Gasteiger partial charge in [0.2, 0.25) is 11.8 Å². The minimum atomic E-state index is -4.15. The van der Waals surface area contributed by atoms with Crippen molar-refractivity contribution in [3.8, 4) is 0 Å². The molecule has 9 heteroatoms. The number of sulfonamides is 1. The van der Waals surface area contributed by atoms with Gasteiger partial charge in [-0.25, -0.2) is 8.42 Å². The quantitative estimate of drug-likeness (QED) is 0.197. The van der Waals surface area contributed by atoms with Crippen LogP contribution in [0.2, 0.25) is 5.02 Å². The van der Waals surface area contributed by atoms with Crippen molar-refractivity contribution >= 4 is 39.1 Å². The van der Waals surface area contributed by atoms with Crippen LogP contribution in [0.15, 0.2) is 120 Å². The maximum atomic E-state index is 14.4. The number of anilines is 1. The monoisotopic (exact) mass is 617 g/mol. The molecule has 4 aromatic rings. The maximum absolute atomic E-state index is 14.4. The van der Waals surface area contributed by atoms with E-state index in [1.807, 2.05) is 74.5 Å². The van der Waals surface area contributed by atoms with Gasteiger partial charge in [-0.1, -0.05) is 97.4 Å². The molecule has 224 valence electrons. The second-order valence-corrected chi connectivity index (χ2v) is 12.6. The molecule has 0 heterocycles. The van der Waals surface area contributed by atoms with Crippen molar-refractivity contribution in [2.75, 3.05) is 10.8 Å². The molecule has 0 fully saturated rings. The van der Waals surface area contributed by atoms with E-state index in [4.69, 9.17) is 11.6 Å². The number of rotatable bonds is 13. The van der Waals surface area contributed by atoms with Crippen LogP contribution in [0, 0.1) is 0 Å². The Kier molecular flexibility index (Phi) is 11.0. The Morgan fingerprint density at radius 3 is 1.88 bits per heavy atom. The molecule has 2 atom stereocenters. The van der Waals surface area contributed by atoms with Gasteiger partial charge in [0.25, 0.3) is 10.0 Å². The van der Waals surface area contributed by atoms with Gasteiger partial charge in [0.1, 0.15) is 12.6 Å². The van der Waals surface area contributed by atoms with Crippen LogP contribution in [0.5, 0.6) is 0 Å². The summed E-state index contributed by atoms with van der Waals surface area (Å²) in [5, 5.41) is 3.47. The van der Waals surface area contributed by atoms with E-state index in [1.54, 1.807) is 42.5 Å². The van der Waals surface area contributed by atoms with Gasteiger partial charge in [-0.3, -0.25) is 13.9 Å². The number of hydrogen-bond donors (Lipinski definition) is 1. The molecule has 0 saturated carbocycles. The summed E-state index contributed by atoms with van der Waals surface area (Å²) >= 11 is 6.11. The van der Waals surface area contributed by atoms with Crippen LogP contribution in [-0.2, 0) is 32.6 Å². The molecule has 1 N–H and O–H groups in total. The van der Waals surface area contributed by atoms with Crippen LogP contribution in [-0.4, -0.2) is 43.8 Å². The lowest BCUT2D eigenvalue weighted by Gasteiger charge is -2.34. The van der Waals surface area contributed by atoms with E-state index in [9.17, 15) is 18.0 Å². The molecule has 0 aliphatic rings. The molecular weight excluding hydrogens is 582 g/mol. The summed E-state index contributed by atoms with van der Waals surface area (Å²) < 4.78 is 29.0. The molecular formula is C34H36ClN3O4S. The molecule has 2 amide bonds. The van der Waals surface area contributed by atoms with E-state index in [-0.39, 0.29) is 35.5 Å². The van der Waals surface area contributed by atoms with Gasteiger partial charge in [0.05, 0.1) is 10.6 Å². The number of nitrogens with one attached hydrogen (secondary N) is 1. The Labute approximate surface area is 259 Å². The van der Waals surface area contributed by atoms with Gasteiger partial charge in [0, 0.05) is 24.0 Å². The maximum Gasteiger partial charge on any atom is 0.264 e. The zero-order valence-corrected chi connectivity index (χ0v) is 25.8. The van der Waals surface area contributed by atoms with Gasteiger partial charge in [0.15, 0.2) is 0 Å². The molecule has 0 aliphatic carbocycles. The summed E-state index contributed by atoms with van der Waals surface area (Å²) in [5.41, 5.74) is 1.98. The van der Waals surface area contributed by atoms with Crippen LogP contribution in [0.4, 0.5) is 5.69 Å². The molecule has 7 nitrogen and oxygen atoms in total. The number of carbonyl (C=O) groups excluding carboxylic acids is 2. The van der Waals surface area contributed by atoms with Crippen molar-refractivity contribution in [2.24, 2.45) is 0 Å². The van der Waals surface area contributed by atoms with Gasteiger partial charge in [-0.2, -0.15) is 0 Å². The minimum Gasteiger partial charge on any atom is -0.352 e. The second kappa shape index (κ2) is 14.8. The standard InChI is InChI=1S/C34H36ClN3O4S/c1-3-26(2)36-34(40)32(23-27-13-7-4-8-14-27)37(24-28-15-9-5-10-16-28)33(39)25-38(30-21-19-29(35)20-22-30)43(41,42)31-17-11-6-12-18-31/h4-22,26,32H,3,23-25H2,1-2H3,(H,36,40)/t26-,32-/m1/s1. The zero-order valence-electron chi connectivity index (χ0n) is 24.3. The number of nitrogens with zero attached hydrogens (tertiary/aromatic N) is 2. The van der Waals surface area contributed by atoms with E-state index in [2.05, 4.69) is 5.32 Å². The van der Waals surface area contributed by atoms with E-state index >= 15 is 0 Å². The Hall–Kier alpha value is -4.14. The highest BCUT2D eigenvalue weighted by Crippen LogP contribution is 2.26. The number of halogens is 1. The first-order chi connectivity index (χ1) is 20.7. The summed E-state index contributed by atoms with van der Waals surface area (Å²) in [6.07, 6.45) is 0.976. The van der Waals surface area contributed by atoms with Gasteiger partial charge < -0.3 is 10.2 Å². The summed E-state index contributed by atoms with van der Waals surface area (Å²) in [6.45, 7) is 3.48. The summed E-state index contributed by atoms with van der Waals surface area (Å²) in [5.74, 6) is -0.815. The number of hydrogen-bond acceptors (Lipinski definition) is 4. The highest BCUT2D eigenvalue weighted by atomic mass is 35.5. The molecule has 0 saturated heterocycles. The predicted molar refractivity (Wildman–Crippen MR) is 171 cm³/mol. The van der Waals surface area contributed by atoms with Crippen LogP contribution in [0.3, 0.4) is 0 Å². The molecule has 43 heavy (non-hydrogen) atoms. The van der Waals surface area contributed by atoms with Crippen molar-refractivity contribution in [2.45, 2.75) is 50.2 Å². The highest BCUT2D eigenvalue weighted by Gasteiger charge is 2.34. The van der Waals surface area contributed by atoms with E-state index in [0.29, 0.717) is 5.02 Å². The van der Waals surface area contributed by atoms with E-state index in [0.717, 1.165) is 21.9 Å². The first-order valence-corrected chi connectivity index (χ1v) is 16.0. The molecule has 0 aromatic heterocycles. The average molecular weight is 618 g/mol. The summed E-state index contributed by atoms with van der Waals surface area (Å²) in [7, 11) is -4.15. The second-order valence-electron chi connectivity index (χ2n) is 10.3. The van der Waals surface area contributed by atoms with Crippen LogP contribution in [0.1, 0.15) is 31.4 Å². The Morgan fingerprint density at radius 1 is 0.791 bits per heavy atom. The normalized spacial score (nSPS) is 12.6. The first-order valence-electron chi connectivity index (χ1n) is 14.2. The third-order valence-electron chi connectivity index (χ3n) is 7.19. The van der Waals surface area contributed by atoms with Gasteiger partial charge in [-0.15, -0.1) is 0 Å². The highest BCUT2D eigenvalue weighted by molar-refractivity contribution is 7.92. The molecule has 0 unspecified atom stereocenters. The number of carbonyl (C=O) groups is 2. The summed E-state index contributed by atoms with van der Waals surface area (Å²) in [4.78, 5) is 29.7. The fourth-order valence-corrected chi connectivity index (χ4v) is 6.19. The lowest BCUT2D eigenvalue weighted by Crippen LogP contribution is -2.54. The lowest BCUT2D eigenvalue weighted by atomic mass is 10.0. The molecule has 4 aromatic carbocycles. The smallest absolute Gasteiger partial charge is 0.264 e. The van der Waals surface area contributed by atoms with Gasteiger partial charge in [-0.05, 0) is 60.9 Å². The van der Waals surface area contributed by atoms with Crippen molar-refractivity contribution in [1.82, 2.24) is 10.2 Å². The number of amides is 2. The van der Waals surface area contributed by atoms with E-state index in [1.165, 1.54) is 17.0 Å². The minimum absolute atomic E-state index is 0.0442. The largest absolute Gasteiger partial charge is 0.352 e. The molecule has 0 bridgehead atoms. The summed E-state index contributed by atoms with van der Waals surface area (Å²) in [6, 6.07) is 32.1. The Bertz CT molecular complexity index is 1590. The zero-order chi connectivity index (χ0) is 30.8. The van der Waals surface area contributed by atoms with Gasteiger partial charge >= 0.3 is 0 Å². The fourth-order valence-electron chi connectivity index (χ4n) is 4.63. The topological polar surface area (TPSA) is 86.8 Å². The SMILES string of the molecule is CC[C@@H](C)NC(=O)[C@@H](Cc1ccccc1)N(Cc1ccccc1)C(=O)CN(c1ccc(Cl)cc1)S(=O)(=O)c1ccccc1. The average Bonchev–Trinajstić information content (AvgIpc) is 3.03. The lowest BCUT2D eigenvalue weighted by molar-refractivity contribution is -0.140. The number of benzene rings is 4. The fraction of sp³-hybridized carbons (Fsp3) is 0.235. The van der Waals surface area contributed by atoms with E-state index < -0.39 is 28.5 Å². The molecule has 0 radical (unpaired) electrons. The van der Waals surface area contributed by atoms with Crippen LogP contribution in [0.25, 0.3) is 0 Å².